The van der Waals surface area contributed by atoms with Crippen molar-refractivity contribution >= 4 is 18.4 Å². The Morgan fingerprint density at radius 2 is 2.30 bits per heavy atom. The molecular weight excluding hydrogens is 326 g/mol. The first-order chi connectivity index (χ1) is 11.1. The molecule has 6 nitrogen and oxygen atoms in total. The fraction of sp³-hybridized carbons (Fsp3) is 0.357. The highest BCUT2D eigenvalue weighted by atomic mass is 32.1. The molecule has 0 bridgehead atoms. The van der Waals surface area contributed by atoms with Gasteiger partial charge in [0.2, 0.25) is 4.77 Å². The number of para-hydroxylation sites is 1. The Hall–Kier alpha value is -2.13. The fourth-order valence-electron chi connectivity index (χ4n) is 2.32. The van der Waals surface area contributed by atoms with E-state index in [1.165, 1.54) is 17.0 Å². The second-order valence-corrected chi connectivity index (χ2v) is 5.25. The molecular formula is C14H14F2N4O2S. The Labute approximate surface area is 135 Å². The molecule has 2 aromatic rings. The second-order valence-electron chi connectivity index (χ2n) is 4.86. The molecule has 3 rings (SSSR count). The van der Waals surface area contributed by atoms with Gasteiger partial charge in [-0.05, 0) is 37.2 Å². The van der Waals surface area contributed by atoms with Gasteiger partial charge in [-0.2, -0.15) is 23.7 Å². The molecule has 1 atom stereocenters. The van der Waals surface area contributed by atoms with Crippen LogP contribution in [-0.2, 0) is 4.74 Å². The molecule has 9 heteroatoms. The Morgan fingerprint density at radius 1 is 1.48 bits per heavy atom. The van der Waals surface area contributed by atoms with Crippen LogP contribution in [0.2, 0.25) is 0 Å². The highest BCUT2D eigenvalue weighted by molar-refractivity contribution is 7.71. The van der Waals surface area contributed by atoms with Crippen LogP contribution in [-0.4, -0.2) is 34.3 Å². The molecule has 0 spiro atoms. The average Bonchev–Trinajstić information content (AvgIpc) is 3.15. The summed E-state index contributed by atoms with van der Waals surface area (Å²) in [5.74, 6) is 0.607. The Kier molecular flexibility index (Phi) is 4.77. The predicted octanol–water partition coefficient (Wildman–Crippen LogP) is 3.28. The molecule has 23 heavy (non-hydrogen) atoms. The number of nitrogens with one attached hydrogen (secondary N) is 1. The largest absolute Gasteiger partial charge is 0.434 e. The number of nitrogens with zero attached hydrogens (tertiary/aromatic N) is 3. The molecule has 122 valence electrons. The van der Waals surface area contributed by atoms with Crippen molar-refractivity contribution in [1.29, 1.82) is 0 Å². The van der Waals surface area contributed by atoms with Crippen molar-refractivity contribution in [2.45, 2.75) is 25.6 Å². The zero-order chi connectivity index (χ0) is 16.2. The van der Waals surface area contributed by atoms with E-state index in [9.17, 15) is 8.78 Å². The van der Waals surface area contributed by atoms with Gasteiger partial charge in [0.25, 0.3) is 0 Å². The van der Waals surface area contributed by atoms with E-state index in [0.29, 0.717) is 22.8 Å². The summed E-state index contributed by atoms with van der Waals surface area (Å²) in [6.07, 6.45) is 3.01. The lowest BCUT2D eigenvalue weighted by Crippen LogP contribution is -2.06. The highest BCUT2D eigenvalue weighted by Crippen LogP contribution is 2.27. The molecule has 0 radical (unpaired) electrons. The molecule has 0 amide bonds. The van der Waals surface area contributed by atoms with Gasteiger partial charge in [-0.15, -0.1) is 0 Å². The van der Waals surface area contributed by atoms with E-state index in [4.69, 9.17) is 17.0 Å². The van der Waals surface area contributed by atoms with Crippen LogP contribution < -0.4 is 4.74 Å². The van der Waals surface area contributed by atoms with Crippen molar-refractivity contribution in [2.24, 2.45) is 5.10 Å². The van der Waals surface area contributed by atoms with E-state index in [2.05, 4.69) is 20.0 Å². The third-order valence-corrected chi connectivity index (χ3v) is 3.60. The number of benzene rings is 1. The van der Waals surface area contributed by atoms with Crippen LogP contribution in [0.5, 0.6) is 5.75 Å². The van der Waals surface area contributed by atoms with Crippen LogP contribution in [0, 0.1) is 4.77 Å². The minimum Gasteiger partial charge on any atom is -0.434 e. The van der Waals surface area contributed by atoms with Crippen molar-refractivity contribution < 1.29 is 18.3 Å². The lowest BCUT2D eigenvalue weighted by atomic mass is 10.2. The maximum atomic E-state index is 12.4. The fourth-order valence-corrected chi connectivity index (χ4v) is 2.50. The van der Waals surface area contributed by atoms with Gasteiger partial charge in [0.1, 0.15) is 11.9 Å². The molecule has 1 fully saturated rings. The number of aromatic amines is 1. The standard InChI is InChI=1S/C14H14F2N4O2S/c15-13(16)22-10-5-2-1-4-9(10)8-17-20-12(18-19-14(20)23)11-6-3-7-21-11/h1-2,4-5,8,11,13H,3,6-7H2,(H,19,23)/b17-8-/t11-/m1/s1. The number of halogens is 2. The van der Waals surface area contributed by atoms with Crippen molar-refractivity contribution in [3.63, 3.8) is 0 Å². The Bertz CT molecular complexity index is 753. The second kappa shape index (κ2) is 6.97. The zero-order valence-corrected chi connectivity index (χ0v) is 12.8. The van der Waals surface area contributed by atoms with E-state index < -0.39 is 6.61 Å². The van der Waals surface area contributed by atoms with Gasteiger partial charge in [-0.1, -0.05) is 12.1 Å². The van der Waals surface area contributed by atoms with Crippen molar-refractivity contribution in [2.75, 3.05) is 6.61 Å². The number of rotatable bonds is 5. The van der Waals surface area contributed by atoms with Gasteiger partial charge in [-0.3, -0.25) is 5.10 Å². The Balaban J connectivity index is 1.89. The summed E-state index contributed by atoms with van der Waals surface area (Å²) >= 11 is 5.15. The monoisotopic (exact) mass is 340 g/mol. The molecule has 1 aromatic carbocycles. The van der Waals surface area contributed by atoms with Crippen LogP contribution in [0.1, 0.15) is 30.3 Å². The zero-order valence-electron chi connectivity index (χ0n) is 12.0. The smallest absolute Gasteiger partial charge is 0.387 e. The molecule has 1 N–H and O–H groups in total. The predicted molar refractivity (Wildman–Crippen MR) is 81.4 cm³/mol. The van der Waals surface area contributed by atoms with Gasteiger partial charge in [0.15, 0.2) is 5.82 Å². The lowest BCUT2D eigenvalue weighted by molar-refractivity contribution is -0.0499. The van der Waals surface area contributed by atoms with E-state index >= 15 is 0 Å². The van der Waals surface area contributed by atoms with Crippen LogP contribution in [0.15, 0.2) is 29.4 Å². The topological polar surface area (TPSA) is 64.4 Å². The van der Waals surface area contributed by atoms with Crippen molar-refractivity contribution in [3.05, 3.63) is 40.4 Å². The third kappa shape index (κ3) is 3.62. The number of hydrogen-bond donors (Lipinski definition) is 1. The number of hydrogen-bond acceptors (Lipinski definition) is 5. The molecule has 1 aromatic heterocycles. The van der Waals surface area contributed by atoms with Crippen LogP contribution >= 0.6 is 12.2 Å². The number of alkyl halides is 2. The molecule has 0 saturated carbocycles. The van der Waals surface area contributed by atoms with Crippen LogP contribution in [0.25, 0.3) is 0 Å². The molecule has 1 aliphatic heterocycles. The normalized spacial score (nSPS) is 18.1. The van der Waals surface area contributed by atoms with Crippen LogP contribution in [0.4, 0.5) is 8.78 Å². The van der Waals surface area contributed by atoms with Gasteiger partial charge in [-0.25, -0.2) is 0 Å². The minimum absolute atomic E-state index is 0.0416. The first kappa shape index (κ1) is 15.8. The summed E-state index contributed by atoms with van der Waals surface area (Å²) in [6.45, 7) is -2.23. The van der Waals surface area contributed by atoms with E-state index in [0.717, 1.165) is 12.8 Å². The summed E-state index contributed by atoms with van der Waals surface area (Å²) in [4.78, 5) is 0. The number of H-pyrrole nitrogens is 1. The maximum Gasteiger partial charge on any atom is 0.387 e. The third-order valence-electron chi connectivity index (χ3n) is 3.34. The summed E-state index contributed by atoms with van der Waals surface area (Å²) in [5.41, 5.74) is 0.411. The van der Waals surface area contributed by atoms with Gasteiger partial charge in [0, 0.05) is 12.2 Å². The van der Waals surface area contributed by atoms with E-state index in [1.54, 1.807) is 18.2 Å². The lowest BCUT2D eigenvalue weighted by Gasteiger charge is -2.08. The average molecular weight is 340 g/mol. The van der Waals surface area contributed by atoms with E-state index in [-0.39, 0.29) is 11.9 Å². The van der Waals surface area contributed by atoms with Crippen LogP contribution in [0.3, 0.4) is 0 Å². The number of ether oxygens (including phenoxy) is 2. The van der Waals surface area contributed by atoms with Gasteiger partial charge in [0.05, 0.1) is 6.21 Å². The molecule has 1 saturated heterocycles. The molecule has 0 unspecified atom stereocenters. The Morgan fingerprint density at radius 3 is 3.04 bits per heavy atom. The first-order valence-corrected chi connectivity index (χ1v) is 7.43. The van der Waals surface area contributed by atoms with Gasteiger partial charge < -0.3 is 9.47 Å². The van der Waals surface area contributed by atoms with Gasteiger partial charge >= 0.3 is 6.61 Å². The highest BCUT2D eigenvalue weighted by Gasteiger charge is 2.23. The minimum atomic E-state index is -2.90. The summed E-state index contributed by atoms with van der Waals surface area (Å²) in [5, 5.41) is 11.0. The van der Waals surface area contributed by atoms with E-state index in [1.807, 2.05) is 0 Å². The SMILES string of the molecule is FC(F)Oc1ccccc1/C=N\n1c([C@H]2CCCO2)n[nH]c1=S. The number of aromatic nitrogens is 3. The molecule has 2 heterocycles. The summed E-state index contributed by atoms with van der Waals surface area (Å²) in [6, 6.07) is 6.38. The maximum absolute atomic E-state index is 12.4. The molecule has 1 aliphatic rings. The van der Waals surface area contributed by atoms with Crippen molar-refractivity contribution in [3.8, 4) is 5.75 Å². The first-order valence-electron chi connectivity index (χ1n) is 7.02. The van der Waals surface area contributed by atoms with Crippen molar-refractivity contribution in [1.82, 2.24) is 14.9 Å². The molecule has 0 aliphatic carbocycles. The summed E-state index contributed by atoms with van der Waals surface area (Å²) < 4.78 is 36.6. The quantitative estimate of drug-likeness (QED) is 0.670. The summed E-state index contributed by atoms with van der Waals surface area (Å²) in [7, 11) is 0.